The second-order valence-corrected chi connectivity index (χ2v) is 5.91. The summed E-state index contributed by atoms with van der Waals surface area (Å²) >= 11 is 8.18. The van der Waals surface area contributed by atoms with Crippen molar-refractivity contribution in [3.8, 4) is 0 Å². The van der Waals surface area contributed by atoms with Crippen molar-refractivity contribution in [2.24, 2.45) is 0 Å². The van der Waals surface area contributed by atoms with Crippen LogP contribution in [-0.2, 0) is 0 Å². The fourth-order valence-corrected chi connectivity index (χ4v) is 3.93. The molecule has 1 unspecified atom stereocenters. The standard InChI is InChI=1S/C15H9ClS/c16-13-6-7-14-12-5-4-11(15(12)13)9-2-1-3-10(8-9)17-14/h1-8,11H. The van der Waals surface area contributed by atoms with Crippen LogP contribution >= 0.6 is 23.4 Å². The highest BCUT2D eigenvalue weighted by molar-refractivity contribution is 7.99. The lowest BCUT2D eigenvalue weighted by atomic mass is 9.93. The maximum atomic E-state index is 6.36. The molecule has 0 N–H and O–H groups in total. The van der Waals surface area contributed by atoms with Gasteiger partial charge in [0.25, 0.3) is 0 Å². The van der Waals surface area contributed by atoms with Crippen LogP contribution < -0.4 is 0 Å². The molecule has 1 aliphatic heterocycles. The Kier molecular flexibility index (Phi) is 1.97. The molecule has 2 heteroatoms. The number of rotatable bonds is 0. The quantitative estimate of drug-likeness (QED) is 0.642. The Bertz CT molecular complexity index is 658. The Balaban J connectivity index is 2.10. The van der Waals surface area contributed by atoms with Crippen LogP contribution in [0.15, 0.2) is 52.3 Å². The van der Waals surface area contributed by atoms with Crippen molar-refractivity contribution in [3.05, 3.63) is 64.2 Å². The smallest absolute Gasteiger partial charge is 0.0454 e. The molecule has 1 atom stereocenters. The third kappa shape index (κ3) is 1.33. The average Bonchev–Trinajstić information content (AvgIpc) is 2.79. The lowest BCUT2D eigenvalue weighted by molar-refractivity contribution is 1.03. The molecule has 1 heterocycles. The van der Waals surface area contributed by atoms with Gasteiger partial charge in [-0.3, -0.25) is 0 Å². The minimum atomic E-state index is 0.332. The molecule has 0 radical (unpaired) electrons. The minimum Gasteiger partial charge on any atom is -0.0894 e. The fourth-order valence-electron chi connectivity index (χ4n) is 2.63. The Morgan fingerprint density at radius 3 is 3.00 bits per heavy atom. The first-order chi connectivity index (χ1) is 8.33. The summed E-state index contributed by atoms with van der Waals surface area (Å²) in [7, 11) is 0. The van der Waals surface area contributed by atoms with Crippen LogP contribution in [0.3, 0.4) is 0 Å². The van der Waals surface area contributed by atoms with Gasteiger partial charge in [0.15, 0.2) is 0 Å². The van der Waals surface area contributed by atoms with E-state index in [-0.39, 0.29) is 0 Å². The van der Waals surface area contributed by atoms with Crippen molar-refractivity contribution in [1.82, 2.24) is 0 Å². The summed E-state index contributed by atoms with van der Waals surface area (Å²) in [6.07, 6.45) is 4.47. The summed E-state index contributed by atoms with van der Waals surface area (Å²) < 4.78 is 0. The number of fused-ring (bicyclic) bond motifs is 3. The zero-order chi connectivity index (χ0) is 11.4. The van der Waals surface area contributed by atoms with Crippen LogP contribution in [0.1, 0.15) is 22.6 Å². The molecule has 0 spiro atoms. The number of halogens is 1. The van der Waals surface area contributed by atoms with E-state index >= 15 is 0 Å². The summed E-state index contributed by atoms with van der Waals surface area (Å²) in [6, 6.07) is 12.9. The zero-order valence-electron chi connectivity index (χ0n) is 8.98. The van der Waals surface area contributed by atoms with Crippen molar-refractivity contribution < 1.29 is 0 Å². The van der Waals surface area contributed by atoms with Crippen LogP contribution in [0.4, 0.5) is 0 Å². The summed E-state index contributed by atoms with van der Waals surface area (Å²) in [5.74, 6) is 0.332. The fraction of sp³-hybridized carbons (Fsp3) is 0.0667. The molecule has 2 aromatic carbocycles. The molecule has 0 saturated heterocycles. The van der Waals surface area contributed by atoms with Gasteiger partial charge in [0.05, 0.1) is 0 Å². The third-order valence-electron chi connectivity index (χ3n) is 3.41. The molecule has 4 rings (SSSR count). The highest BCUT2D eigenvalue weighted by Gasteiger charge is 2.26. The van der Waals surface area contributed by atoms with Crippen molar-refractivity contribution >= 4 is 29.4 Å². The van der Waals surface area contributed by atoms with Crippen LogP contribution in [0.2, 0.25) is 5.02 Å². The molecular formula is C15H9ClS. The highest BCUT2D eigenvalue weighted by atomic mass is 35.5. The first kappa shape index (κ1) is 9.81. The largest absolute Gasteiger partial charge is 0.0894 e. The first-order valence-corrected chi connectivity index (χ1v) is 6.81. The second-order valence-electron chi connectivity index (χ2n) is 4.38. The lowest BCUT2D eigenvalue weighted by Crippen LogP contribution is -2.00. The number of hydrogen-bond donors (Lipinski definition) is 0. The Labute approximate surface area is 109 Å². The van der Waals surface area contributed by atoms with E-state index in [1.165, 1.54) is 26.5 Å². The maximum Gasteiger partial charge on any atom is 0.0454 e. The lowest BCUT2D eigenvalue weighted by Gasteiger charge is -2.19. The topological polar surface area (TPSA) is 0 Å². The van der Waals surface area contributed by atoms with Crippen LogP contribution in [0.5, 0.6) is 0 Å². The highest BCUT2D eigenvalue weighted by Crippen LogP contribution is 2.47. The van der Waals surface area contributed by atoms with Gasteiger partial charge < -0.3 is 0 Å². The number of allylic oxidation sites excluding steroid dienone is 1. The predicted molar refractivity (Wildman–Crippen MR) is 72.9 cm³/mol. The predicted octanol–water partition coefficient (Wildman–Crippen LogP) is 4.96. The van der Waals surface area contributed by atoms with Gasteiger partial charge in [0, 0.05) is 20.7 Å². The van der Waals surface area contributed by atoms with Gasteiger partial charge in [-0.05, 0) is 41.0 Å². The Morgan fingerprint density at radius 2 is 2.06 bits per heavy atom. The minimum absolute atomic E-state index is 0.332. The molecule has 2 aromatic rings. The molecular weight excluding hydrogens is 248 g/mol. The van der Waals surface area contributed by atoms with Gasteiger partial charge in [-0.1, -0.05) is 47.6 Å². The molecule has 82 valence electrons. The molecule has 0 fully saturated rings. The SMILES string of the molecule is Clc1ccc2c3c1C(C=C3)c1cccc(c1)S2. The van der Waals surface area contributed by atoms with Crippen LogP contribution in [0, 0.1) is 0 Å². The Hall–Kier alpha value is -1.18. The van der Waals surface area contributed by atoms with E-state index in [9.17, 15) is 0 Å². The van der Waals surface area contributed by atoms with Crippen molar-refractivity contribution in [3.63, 3.8) is 0 Å². The van der Waals surface area contributed by atoms with Gasteiger partial charge in [0.1, 0.15) is 0 Å². The first-order valence-electron chi connectivity index (χ1n) is 5.61. The van der Waals surface area contributed by atoms with Crippen LogP contribution in [-0.4, -0.2) is 0 Å². The van der Waals surface area contributed by atoms with E-state index in [2.05, 4.69) is 42.5 Å². The third-order valence-corrected chi connectivity index (χ3v) is 4.80. The monoisotopic (exact) mass is 256 g/mol. The van der Waals surface area contributed by atoms with E-state index < -0.39 is 0 Å². The average molecular weight is 257 g/mol. The van der Waals surface area contributed by atoms with E-state index in [1.807, 2.05) is 17.8 Å². The number of benzene rings is 2. The van der Waals surface area contributed by atoms with Gasteiger partial charge in [0.2, 0.25) is 0 Å². The van der Waals surface area contributed by atoms with Crippen molar-refractivity contribution in [1.29, 1.82) is 0 Å². The van der Waals surface area contributed by atoms with Gasteiger partial charge in [-0.2, -0.15) is 0 Å². The van der Waals surface area contributed by atoms with Crippen molar-refractivity contribution in [2.45, 2.75) is 15.7 Å². The van der Waals surface area contributed by atoms with E-state index in [0.29, 0.717) is 5.92 Å². The Morgan fingerprint density at radius 1 is 1.12 bits per heavy atom. The van der Waals surface area contributed by atoms with E-state index in [4.69, 9.17) is 11.6 Å². The number of hydrogen-bond acceptors (Lipinski definition) is 1. The summed E-state index contributed by atoms with van der Waals surface area (Å²) in [5, 5.41) is 0.881. The van der Waals surface area contributed by atoms with E-state index in [1.54, 1.807) is 0 Å². The molecule has 0 saturated carbocycles. The maximum absolute atomic E-state index is 6.36. The molecule has 0 aromatic heterocycles. The molecule has 0 nitrogen and oxygen atoms in total. The van der Waals surface area contributed by atoms with Gasteiger partial charge >= 0.3 is 0 Å². The van der Waals surface area contributed by atoms with Crippen molar-refractivity contribution in [2.75, 3.05) is 0 Å². The zero-order valence-corrected chi connectivity index (χ0v) is 10.6. The normalized spacial score (nSPS) is 19.0. The summed E-state index contributed by atoms with van der Waals surface area (Å²) in [4.78, 5) is 2.62. The molecule has 2 aliphatic rings. The van der Waals surface area contributed by atoms with Gasteiger partial charge in [-0.25, -0.2) is 0 Å². The molecule has 0 amide bonds. The second kappa shape index (κ2) is 3.41. The molecule has 1 aliphatic carbocycles. The van der Waals surface area contributed by atoms with Crippen LogP contribution in [0.25, 0.3) is 6.08 Å². The molecule has 17 heavy (non-hydrogen) atoms. The van der Waals surface area contributed by atoms with Gasteiger partial charge in [-0.15, -0.1) is 0 Å². The van der Waals surface area contributed by atoms with E-state index in [0.717, 1.165) is 5.02 Å². The molecule has 6 bridgehead atoms. The summed E-state index contributed by atoms with van der Waals surface area (Å²) in [5.41, 5.74) is 3.91. The summed E-state index contributed by atoms with van der Waals surface area (Å²) in [6.45, 7) is 0.